The summed E-state index contributed by atoms with van der Waals surface area (Å²) in [5, 5.41) is 2.66. The number of nitrogens with one attached hydrogen (secondary N) is 1. The predicted octanol–water partition coefficient (Wildman–Crippen LogP) is 0.594. The Morgan fingerprint density at radius 2 is 2.00 bits per heavy atom. The molecule has 5 nitrogen and oxygen atoms in total. The molecule has 0 aliphatic carbocycles. The molecule has 3 N–H and O–H groups in total. The number of carbonyl (C=O) groups excluding carboxylic acids is 2. The van der Waals surface area contributed by atoms with Crippen molar-refractivity contribution in [2.75, 3.05) is 26.0 Å². The van der Waals surface area contributed by atoms with Gasteiger partial charge in [-0.25, -0.2) is 0 Å². The molecule has 5 heteroatoms. The second kappa shape index (κ2) is 5.45. The fourth-order valence-electron chi connectivity index (χ4n) is 1.35. The summed E-state index contributed by atoms with van der Waals surface area (Å²) in [7, 11) is 3.36. The van der Waals surface area contributed by atoms with Crippen LogP contribution in [0.5, 0.6) is 0 Å². The van der Waals surface area contributed by atoms with E-state index in [2.05, 4.69) is 5.32 Å². The molecule has 0 bridgehead atoms. The molecule has 0 aliphatic heterocycles. The Balaban J connectivity index is 3.02. The summed E-state index contributed by atoms with van der Waals surface area (Å²) in [5.74, 6) is -0.379. The highest BCUT2D eigenvalue weighted by molar-refractivity contribution is 5.97. The fraction of sp³-hybridized carbons (Fsp3) is 0.333. The molecule has 0 radical (unpaired) electrons. The number of nitrogens with zero attached hydrogens (tertiary/aromatic N) is 1. The lowest BCUT2D eigenvalue weighted by atomic mass is 10.1. The number of carbonyl (C=O) groups is 2. The van der Waals surface area contributed by atoms with Crippen molar-refractivity contribution < 1.29 is 9.59 Å². The van der Waals surface area contributed by atoms with Crippen molar-refractivity contribution in [3.63, 3.8) is 0 Å². The fourth-order valence-corrected chi connectivity index (χ4v) is 1.35. The highest BCUT2D eigenvalue weighted by Gasteiger charge is 2.10. The van der Waals surface area contributed by atoms with E-state index in [1.54, 1.807) is 32.3 Å². The third-order valence-corrected chi connectivity index (χ3v) is 2.35. The van der Waals surface area contributed by atoms with Gasteiger partial charge in [-0.3, -0.25) is 9.59 Å². The van der Waals surface area contributed by atoms with E-state index in [0.29, 0.717) is 11.3 Å². The lowest BCUT2D eigenvalue weighted by Gasteiger charge is -2.13. The second-order valence-electron chi connectivity index (χ2n) is 3.98. The van der Waals surface area contributed by atoms with Crippen LogP contribution in [0.15, 0.2) is 18.2 Å². The van der Waals surface area contributed by atoms with Crippen LogP contribution >= 0.6 is 0 Å². The number of amides is 2. The minimum Gasteiger partial charge on any atom is -0.345 e. The van der Waals surface area contributed by atoms with Gasteiger partial charge in [0.25, 0.3) is 5.91 Å². The molecule has 17 heavy (non-hydrogen) atoms. The molecule has 1 rings (SSSR count). The normalized spacial score (nSPS) is 9.88. The van der Waals surface area contributed by atoms with Gasteiger partial charge in [0, 0.05) is 25.3 Å². The maximum atomic E-state index is 11.8. The van der Waals surface area contributed by atoms with Gasteiger partial charge in [0.2, 0.25) is 5.91 Å². The molecule has 0 fully saturated rings. The van der Waals surface area contributed by atoms with Crippen LogP contribution in [0.1, 0.15) is 15.9 Å². The SMILES string of the molecule is Cc1ccc(C(=O)N(C)C)cc1NC(=O)CN. The van der Waals surface area contributed by atoms with Crippen LogP contribution in [0.25, 0.3) is 0 Å². The number of aryl methyl sites for hydroxylation is 1. The molecular formula is C12H17N3O2. The lowest BCUT2D eigenvalue weighted by molar-refractivity contribution is -0.114. The zero-order valence-corrected chi connectivity index (χ0v) is 10.3. The molecule has 0 aliphatic rings. The van der Waals surface area contributed by atoms with Gasteiger partial charge in [-0.05, 0) is 24.6 Å². The first-order valence-corrected chi connectivity index (χ1v) is 5.28. The highest BCUT2D eigenvalue weighted by Crippen LogP contribution is 2.17. The first kappa shape index (κ1) is 13.2. The van der Waals surface area contributed by atoms with Crippen LogP contribution in [0.2, 0.25) is 0 Å². The first-order valence-electron chi connectivity index (χ1n) is 5.28. The maximum Gasteiger partial charge on any atom is 0.253 e. The van der Waals surface area contributed by atoms with Crippen LogP contribution in [0.3, 0.4) is 0 Å². The zero-order valence-electron chi connectivity index (χ0n) is 10.3. The van der Waals surface area contributed by atoms with E-state index >= 15 is 0 Å². The average Bonchev–Trinajstić information content (AvgIpc) is 2.30. The monoisotopic (exact) mass is 235 g/mol. The minimum absolute atomic E-state index is 0.0781. The number of rotatable bonds is 3. The molecule has 0 atom stereocenters. The van der Waals surface area contributed by atoms with E-state index in [9.17, 15) is 9.59 Å². The Hall–Kier alpha value is -1.88. The van der Waals surface area contributed by atoms with Crippen molar-refractivity contribution in [3.05, 3.63) is 29.3 Å². The Labute approximate surface area is 101 Å². The van der Waals surface area contributed by atoms with Crippen molar-refractivity contribution in [2.24, 2.45) is 5.73 Å². The summed E-state index contributed by atoms with van der Waals surface area (Å²) in [6.07, 6.45) is 0. The lowest BCUT2D eigenvalue weighted by Crippen LogP contribution is -2.24. The van der Waals surface area contributed by atoms with E-state index in [1.165, 1.54) is 4.90 Å². The number of anilines is 1. The van der Waals surface area contributed by atoms with Gasteiger partial charge in [0.15, 0.2) is 0 Å². The predicted molar refractivity (Wildman–Crippen MR) is 66.9 cm³/mol. The quantitative estimate of drug-likeness (QED) is 0.805. The number of benzene rings is 1. The Kier molecular flexibility index (Phi) is 4.23. The average molecular weight is 235 g/mol. The van der Waals surface area contributed by atoms with Crippen LogP contribution in [-0.2, 0) is 4.79 Å². The van der Waals surface area contributed by atoms with Gasteiger partial charge >= 0.3 is 0 Å². The molecule has 0 aromatic heterocycles. The van der Waals surface area contributed by atoms with Gasteiger partial charge in [-0.2, -0.15) is 0 Å². The molecule has 0 spiro atoms. The third kappa shape index (κ3) is 3.29. The molecule has 0 saturated carbocycles. The molecule has 0 heterocycles. The van der Waals surface area contributed by atoms with Gasteiger partial charge in [-0.15, -0.1) is 0 Å². The van der Waals surface area contributed by atoms with E-state index in [4.69, 9.17) is 5.73 Å². The van der Waals surface area contributed by atoms with Gasteiger partial charge in [0.05, 0.1) is 6.54 Å². The number of hydrogen-bond donors (Lipinski definition) is 2. The van der Waals surface area contributed by atoms with E-state index in [0.717, 1.165) is 5.56 Å². The molecule has 1 aromatic carbocycles. The first-order chi connectivity index (χ1) is 7.95. The summed E-state index contributed by atoms with van der Waals surface area (Å²) >= 11 is 0. The number of hydrogen-bond acceptors (Lipinski definition) is 3. The van der Waals surface area contributed by atoms with Crippen molar-refractivity contribution in [1.82, 2.24) is 4.90 Å². The summed E-state index contributed by atoms with van der Waals surface area (Å²) < 4.78 is 0. The molecule has 0 unspecified atom stereocenters. The smallest absolute Gasteiger partial charge is 0.253 e. The molecular weight excluding hydrogens is 218 g/mol. The van der Waals surface area contributed by atoms with E-state index < -0.39 is 0 Å². The summed E-state index contributed by atoms with van der Waals surface area (Å²) in [6.45, 7) is 1.78. The third-order valence-electron chi connectivity index (χ3n) is 2.35. The second-order valence-corrected chi connectivity index (χ2v) is 3.98. The van der Waals surface area contributed by atoms with Crippen molar-refractivity contribution >= 4 is 17.5 Å². The molecule has 2 amide bonds. The Bertz CT molecular complexity index is 441. The molecule has 1 aromatic rings. The van der Waals surface area contributed by atoms with Gasteiger partial charge in [-0.1, -0.05) is 6.07 Å². The molecule has 0 saturated heterocycles. The summed E-state index contributed by atoms with van der Waals surface area (Å²) in [6, 6.07) is 5.18. The van der Waals surface area contributed by atoms with Gasteiger partial charge in [0.1, 0.15) is 0 Å². The van der Waals surface area contributed by atoms with E-state index in [-0.39, 0.29) is 18.4 Å². The highest BCUT2D eigenvalue weighted by atomic mass is 16.2. The zero-order chi connectivity index (χ0) is 13.0. The standard InChI is InChI=1S/C12H17N3O2/c1-8-4-5-9(12(17)15(2)3)6-10(8)14-11(16)7-13/h4-6H,7,13H2,1-3H3,(H,14,16). The summed E-state index contributed by atoms with van der Waals surface area (Å²) in [4.78, 5) is 24.5. The minimum atomic E-state index is -0.275. The van der Waals surface area contributed by atoms with Crippen LogP contribution < -0.4 is 11.1 Å². The van der Waals surface area contributed by atoms with Crippen LogP contribution in [-0.4, -0.2) is 37.4 Å². The maximum absolute atomic E-state index is 11.8. The Morgan fingerprint density at radius 1 is 1.35 bits per heavy atom. The largest absolute Gasteiger partial charge is 0.345 e. The van der Waals surface area contributed by atoms with Crippen LogP contribution in [0, 0.1) is 6.92 Å². The number of nitrogens with two attached hydrogens (primary N) is 1. The Morgan fingerprint density at radius 3 is 2.53 bits per heavy atom. The van der Waals surface area contributed by atoms with Crippen molar-refractivity contribution in [2.45, 2.75) is 6.92 Å². The van der Waals surface area contributed by atoms with E-state index in [1.807, 2.05) is 6.92 Å². The molecule has 92 valence electrons. The van der Waals surface area contributed by atoms with Crippen LogP contribution in [0.4, 0.5) is 5.69 Å². The van der Waals surface area contributed by atoms with Crippen molar-refractivity contribution in [1.29, 1.82) is 0 Å². The summed E-state index contributed by atoms with van der Waals surface area (Å²) in [5.41, 5.74) is 7.27. The topological polar surface area (TPSA) is 75.4 Å². The van der Waals surface area contributed by atoms with Gasteiger partial charge < -0.3 is 16.0 Å². The van der Waals surface area contributed by atoms with Crippen molar-refractivity contribution in [3.8, 4) is 0 Å².